The van der Waals surface area contributed by atoms with E-state index in [9.17, 15) is 9.59 Å². The fourth-order valence-corrected chi connectivity index (χ4v) is 2.33. The molecule has 0 radical (unpaired) electrons. The van der Waals surface area contributed by atoms with E-state index >= 15 is 0 Å². The summed E-state index contributed by atoms with van der Waals surface area (Å²) in [5.74, 6) is 0.358. The van der Waals surface area contributed by atoms with Crippen LogP contribution in [0, 0.1) is 6.92 Å². The summed E-state index contributed by atoms with van der Waals surface area (Å²) in [6, 6.07) is 3.49. The summed E-state index contributed by atoms with van der Waals surface area (Å²) in [5, 5.41) is 0.691. The molecule has 0 bridgehead atoms. The third-order valence-corrected chi connectivity index (χ3v) is 3.42. The Bertz CT molecular complexity index is 759. The van der Waals surface area contributed by atoms with Crippen molar-refractivity contribution in [2.75, 3.05) is 20.8 Å². The van der Waals surface area contributed by atoms with Gasteiger partial charge in [0.05, 0.1) is 32.8 Å². The highest BCUT2D eigenvalue weighted by molar-refractivity contribution is 5.89. The van der Waals surface area contributed by atoms with Gasteiger partial charge < -0.3 is 18.6 Å². The van der Waals surface area contributed by atoms with Crippen LogP contribution in [0.25, 0.3) is 11.0 Å². The van der Waals surface area contributed by atoms with E-state index in [4.69, 9.17) is 18.6 Å². The van der Waals surface area contributed by atoms with Crippen LogP contribution in [0.5, 0.6) is 11.5 Å². The largest absolute Gasteiger partial charge is 0.493 e. The third kappa shape index (κ3) is 2.77. The van der Waals surface area contributed by atoms with Crippen LogP contribution in [-0.4, -0.2) is 26.8 Å². The van der Waals surface area contributed by atoms with Crippen LogP contribution < -0.4 is 15.1 Å². The molecule has 1 aromatic carbocycles. The summed E-state index contributed by atoms with van der Waals surface area (Å²) in [7, 11) is 2.98. The number of hydrogen-bond acceptors (Lipinski definition) is 6. The molecule has 0 aliphatic carbocycles. The Kier molecular flexibility index (Phi) is 4.70. The van der Waals surface area contributed by atoms with E-state index in [2.05, 4.69) is 0 Å². The number of methoxy groups -OCH3 is 2. The van der Waals surface area contributed by atoms with Crippen LogP contribution in [0.1, 0.15) is 18.1 Å². The van der Waals surface area contributed by atoms with Gasteiger partial charge in [-0.25, -0.2) is 4.79 Å². The van der Waals surface area contributed by atoms with Gasteiger partial charge in [0.2, 0.25) is 5.75 Å². The van der Waals surface area contributed by atoms with Crippen molar-refractivity contribution in [2.24, 2.45) is 0 Å². The van der Waals surface area contributed by atoms with Crippen molar-refractivity contribution in [2.45, 2.75) is 20.3 Å². The Morgan fingerprint density at radius 1 is 1.23 bits per heavy atom. The molecule has 118 valence electrons. The summed E-state index contributed by atoms with van der Waals surface area (Å²) in [4.78, 5) is 23.8. The van der Waals surface area contributed by atoms with Gasteiger partial charge in [-0.1, -0.05) is 0 Å². The van der Waals surface area contributed by atoms with Crippen LogP contribution in [0.2, 0.25) is 0 Å². The molecule has 1 heterocycles. The molecular weight excluding hydrogens is 288 g/mol. The Labute approximate surface area is 127 Å². The van der Waals surface area contributed by atoms with Gasteiger partial charge in [-0.3, -0.25) is 4.79 Å². The Hall–Kier alpha value is -2.50. The molecule has 0 unspecified atom stereocenters. The fourth-order valence-electron chi connectivity index (χ4n) is 2.33. The van der Waals surface area contributed by atoms with Crippen molar-refractivity contribution in [1.82, 2.24) is 0 Å². The average Bonchev–Trinajstić information content (AvgIpc) is 2.50. The van der Waals surface area contributed by atoms with Crippen molar-refractivity contribution in [1.29, 1.82) is 0 Å². The van der Waals surface area contributed by atoms with E-state index in [-0.39, 0.29) is 18.6 Å². The molecule has 0 aliphatic heterocycles. The van der Waals surface area contributed by atoms with E-state index in [1.54, 1.807) is 26.0 Å². The molecule has 0 spiro atoms. The Morgan fingerprint density at radius 2 is 1.95 bits per heavy atom. The lowest BCUT2D eigenvalue weighted by Crippen LogP contribution is -2.17. The molecule has 0 atom stereocenters. The molecule has 0 amide bonds. The zero-order valence-electron chi connectivity index (χ0n) is 13.0. The summed E-state index contributed by atoms with van der Waals surface area (Å²) < 4.78 is 20.7. The molecule has 0 saturated carbocycles. The van der Waals surface area contributed by atoms with E-state index in [1.165, 1.54) is 14.2 Å². The minimum Gasteiger partial charge on any atom is -0.493 e. The van der Waals surface area contributed by atoms with E-state index in [0.717, 1.165) is 0 Å². The molecule has 6 nitrogen and oxygen atoms in total. The van der Waals surface area contributed by atoms with E-state index < -0.39 is 11.6 Å². The van der Waals surface area contributed by atoms with Gasteiger partial charge in [-0.2, -0.15) is 0 Å². The SMILES string of the molecule is CCOC(=O)Cc1c(C)c2ccc(OC)c(OC)c2oc1=O. The average molecular weight is 306 g/mol. The number of hydrogen-bond donors (Lipinski definition) is 0. The van der Waals surface area contributed by atoms with Gasteiger partial charge in [-0.05, 0) is 31.5 Å². The van der Waals surface area contributed by atoms with Crippen LogP contribution >= 0.6 is 0 Å². The summed E-state index contributed by atoms with van der Waals surface area (Å²) in [5.41, 5.74) is 0.681. The van der Waals surface area contributed by atoms with Crippen molar-refractivity contribution in [3.8, 4) is 11.5 Å². The second-order valence-electron chi connectivity index (χ2n) is 4.65. The number of ether oxygens (including phenoxy) is 3. The lowest BCUT2D eigenvalue weighted by molar-refractivity contribution is -0.142. The van der Waals surface area contributed by atoms with Crippen molar-refractivity contribution in [3.05, 3.63) is 33.7 Å². The maximum absolute atomic E-state index is 12.2. The fraction of sp³-hybridized carbons (Fsp3) is 0.375. The lowest BCUT2D eigenvalue weighted by Gasteiger charge is -2.12. The lowest BCUT2D eigenvalue weighted by atomic mass is 10.0. The highest BCUT2D eigenvalue weighted by atomic mass is 16.5. The number of benzene rings is 1. The normalized spacial score (nSPS) is 10.5. The second-order valence-corrected chi connectivity index (χ2v) is 4.65. The molecule has 0 fully saturated rings. The molecular formula is C16H18O6. The first-order chi connectivity index (χ1) is 10.5. The number of esters is 1. The molecule has 2 rings (SSSR count). The van der Waals surface area contributed by atoms with Crippen molar-refractivity contribution in [3.63, 3.8) is 0 Å². The summed E-state index contributed by atoms with van der Waals surface area (Å²) >= 11 is 0. The Morgan fingerprint density at radius 3 is 2.55 bits per heavy atom. The number of carbonyl (C=O) groups is 1. The van der Waals surface area contributed by atoms with Crippen LogP contribution in [0.4, 0.5) is 0 Å². The quantitative estimate of drug-likeness (QED) is 0.623. The standard InChI is InChI=1S/C16H18O6/c1-5-21-13(17)8-11-9(2)10-6-7-12(19-3)15(20-4)14(10)22-16(11)18/h6-7H,5,8H2,1-4H3. The number of rotatable bonds is 5. The monoisotopic (exact) mass is 306 g/mol. The van der Waals surface area contributed by atoms with E-state index in [1.807, 2.05) is 0 Å². The zero-order valence-corrected chi connectivity index (χ0v) is 13.0. The van der Waals surface area contributed by atoms with Gasteiger partial charge >= 0.3 is 11.6 Å². The van der Waals surface area contributed by atoms with Gasteiger partial charge in [0.15, 0.2) is 11.3 Å². The summed E-state index contributed by atoms with van der Waals surface area (Å²) in [6.07, 6.45) is -0.119. The predicted octanol–water partition coefficient (Wildman–Crippen LogP) is 2.22. The highest BCUT2D eigenvalue weighted by Gasteiger charge is 2.19. The van der Waals surface area contributed by atoms with Gasteiger partial charge in [0.1, 0.15) is 0 Å². The molecule has 0 aliphatic rings. The van der Waals surface area contributed by atoms with Crippen LogP contribution in [-0.2, 0) is 16.0 Å². The molecule has 1 aromatic heterocycles. The maximum Gasteiger partial charge on any atom is 0.340 e. The molecule has 2 aromatic rings. The topological polar surface area (TPSA) is 75.0 Å². The number of aryl methyl sites for hydroxylation is 1. The third-order valence-electron chi connectivity index (χ3n) is 3.42. The molecule has 0 N–H and O–H groups in total. The smallest absolute Gasteiger partial charge is 0.340 e. The van der Waals surface area contributed by atoms with Gasteiger partial charge in [-0.15, -0.1) is 0 Å². The van der Waals surface area contributed by atoms with E-state index in [0.29, 0.717) is 28.0 Å². The van der Waals surface area contributed by atoms with Gasteiger partial charge in [0.25, 0.3) is 0 Å². The van der Waals surface area contributed by atoms with Crippen molar-refractivity contribution >= 4 is 16.9 Å². The van der Waals surface area contributed by atoms with Crippen LogP contribution in [0.3, 0.4) is 0 Å². The van der Waals surface area contributed by atoms with Gasteiger partial charge in [0, 0.05) is 5.39 Å². The predicted molar refractivity (Wildman–Crippen MR) is 80.7 cm³/mol. The molecule has 22 heavy (non-hydrogen) atoms. The minimum atomic E-state index is -0.579. The number of carbonyl (C=O) groups excluding carboxylic acids is 1. The maximum atomic E-state index is 12.2. The highest BCUT2D eigenvalue weighted by Crippen LogP contribution is 2.36. The summed E-state index contributed by atoms with van der Waals surface area (Å²) in [6.45, 7) is 3.74. The first kappa shape index (κ1) is 15.9. The second kappa shape index (κ2) is 6.51. The first-order valence-corrected chi connectivity index (χ1v) is 6.86. The number of fused-ring (bicyclic) bond motifs is 1. The van der Waals surface area contributed by atoms with Crippen LogP contribution in [0.15, 0.2) is 21.3 Å². The molecule has 0 saturated heterocycles. The van der Waals surface area contributed by atoms with Crippen molar-refractivity contribution < 1.29 is 23.4 Å². The molecule has 6 heteroatoms. The minimum absolute atomic E-state index is 0.119. The Balaban J connectivity index is 2.64. The zero-order chi connectivity index (χ0) is 16.3. The first-order valence-electron chi connectivity index (χ1n) is 6.86.